The van der Waals surface area contributed by atoms with E-state index >= 15 is 0 Å². The molecule has 30 heavy (non-hydrogen) atoms. The molecule has 3 rings (SSSR count). The lowest BCUT2D eigenvalue weighted by Gasteiger charge is -2.39. The van der Waals surface area contributed by atoms with Gasteiger partial charge in [0, 0.05) is 39.3 Å². The molecular weight excluding hydrogens is 404 g/mol. The molecule has 1 fully saturated rings. The average molecular weight is 435 g/mol. The molecule has 0 saturated carbocycles. The number of rotatable bonds is 7. The predicted octanol–water partition coefficient (Wildman–Crippen LogP) is 2.21. The maximum absolute atomic E-state index is 13.3. The van der Waals surface area contributed by atoms with Gasteiger partial charge in [0.25, 0.3) is 0 Å². The van der Waals surface area contributed by atoms with Gasteiger partial charge in [0.05, 0.1) is 0 Å². The Morgan fingerprint density at radius 2 is 1.70 bits per heavy atom. The minimum absolute atomic E-state index is 0.0493. The van der Waals surface area contributed by atoms with Crippen molar-refractivity contribution >= 4 is 15.9 Å². The molecule has 2 heterocycles. The van der Waals surface area contributed by atoms with Crippen LogP contribution in [0, 0.1) is 13.8 Å². The fourth-order valence-corrected chi connectivity index (χ4v) is 5.74. The number of aromatic nitrogens is 1. The van der Waals surface area contributed by atoms with Crippen molar-refractivity contribution in [1.29, 1.82) is 0 Å². The highest BCUT2D eigenvalue weighted by atomic mass is 32.2. The number of hydrogen-bond donors (Lipinski definition) is 0. The van der Waals surface area contributed by atoms with Crippen LogP contribution in [0.3, 0.4) is 0 Å². The molecule has 164 valence electrons. The molecule has 0 spiro atoms. The van der Waals surface area contributed by atoms with Gasteiger partial charge in [-0.3, -0.25) is 9.69 Å². The number of carbonyl (C=O) groups is 1. The van der Waals surface area contributed by atoms with E-state index in [0.717, 1.165) is 5.56 Å². The third kappa shape index (κ3) is 4.28. The summed E-state index contributed by atoms with van der Waals surface area (Å²) in [5.74, 6) is 0.349. The molecule has 1 atom stereocenters. The molecule has 1 unspecified atom stereocenters. The lowest BCUT2D eigenvalue weighted by atomic mass is 10.0. The number of sulfonamides is 1. The van der Waals surface area contributed by atoms with E-state index < -0.39 is 16.1 Å². The highest BCUT2D eigenvalue weighted by molar-refractivity contribution is 7.89. The molecule has 8 nitrogen and oxygen atoms in total. The lowest BCUT2D eigenvalue weighted by Crippen LogP contribution is -2.52. The van der Waals surface area contributed by atoms with Crippen molar-refractivity contribution in [2.45, 2.75) is 38.6 Å². The SMILES string of the molecule is CCN(CC)C(=O)C(c1ccccc1)N1CCN(S(=O)(=O)c2c(C)noc2C)CC1. The van der Waals surface area contributed by atoms with Crippen molar-refractivity contribution in [3.63, 3.8) is 0 Å². The zero-order valence-corrected chi connectivity index (χ0v) is 18.9. The number of amides is 1. The van der Waals surface area contributed by atoms with E-state index in [-0.39, 0.29) is 10.8 Å². The van der Waals surface area contributed by atoms with Gasteiger partial charge >= 0.3 is 0 Å². The van der Waals surface area contributed by atoms with Crippen molar-refractivity contribution in [1.82, 2.24) is 19.3 Å². The van der Waals surface area contributed by atoms with Crippen molar-refractivity contribution in [2.75, 3.05) is 39.3 Å². The fraction of sp³-hybridized carbons (Fsp3) is 0.524. The summed E-state index contributed by atoms with van der Waals surface area (Å²) < 4.78 is 32.7. The second-order valence-corrected chi connectivity index (χ2v) is 9.29. The van der Waals surface area contributed by atoms with Crippen LogP contribution in [-0.4, -0.2) is 72.9 Å². The number of piperazine rings is 1. The zero-order chi connectivity index (χ0) is 21.9. The van der Waals surface area contributed by atoms with Crippen molar-refractivity contribution in [3.8, 4) is 0 Å². The van der Waals surface area contributed by atoms with Crippen LogP contribution in [0.5, 0.6) is 0 Å². The first-order chi connectivity index (χ1) is 14.3. The highest BCUT2D eigenvalue weighted by Gasteiger charge is 2.37. The first kappa shape index (κ1) is 22.5. The molecule has 0 aliphatic carbocycles. The normalized spacial score (nSPS) is 17.1. The summed E-state index contributed by atoms with van der Waals surface area (Å²) in [6, 6.07) is 9.27. The van der Waals surface area contributed by atoms with E-state index in [4.69, 9.17) is 4.52 Å². The first-order valence-electron chi connectivity index (χ1n) is 10.3. The lowest BCUT2D eigenvalue weighted by molar-refractivity contribution is -0.137. The van der Waals surface area contributed by atoms with Gasteiger partial charge in [-0.25, -0.2) is 8.42 Å². The topological polar surface area (TPSA) is 87.0 Å². The quantitative estimate of drug-likeness (QED) is 0.664. The third-order valence-electron chi connectivity index (χ3n) is 5.63. The molecule has 0 N–H and O–H groups in total. The van der Waals surface area contributed by atoms with Gasteiger partial charge in [0.1, 0.15) is 16.6 Å². The Bertz CT molecular complexity index is 943. The second kappa shape index (κ2) is 9.28. The molecular formula is C21H30N4O4S. The van der Waals surface area contributed by atoms with E-state index in [0.29, 0.717) is 50.7 Å². The summed E-state index contributed by atoms with van der Waals surface area (Å²) in [4.78, 5) is 17.3. The zero-order valence-electron chi connectivity index (χ0n) is 18.0. The molecule has 9 heteroatoms. The molecule has 1 aliphatic heterocycles. The van der Waals surface area contributed by atoms with Crippen LogP contribution in [0.15, 0.2) is 39.8 Å². The number of benzene rings is 1. The summed E-state index contributed by atoms with van der Waals surface area (Å²) in [6.07, 6.45) is 0. The molecule has 0 bridgehead atoms. The molecule has 1 aromatic carbocycles. The van der Waals surface area contributed by atoms with Gasteiger partial charge in [-0.15, -0.1) is 0 Å². The Balaban J connectivity index is 1.82. The average Bonchev–Trinajstić information content (AvgIpc) is 3.09. The smallest absolute Gasteiger partial charge is 0.248 e. The summed E-state index contributed by atoms with van der Waals surface area (Å²) in [5, 5.41) is 3.78. The van der Waals surface area contributed by atoms with Gasteiger partial charge in [0.15, 0.2) is 5.76 Å². The molecule has 0 radical (unpaired) electrons. The standard InChI is InChI=1S/C21H30N4O4S/c1-5-23(6-2)21(26)19(18-10-8-7-9-11-18)24-12-14-25(15-13-24)30(27,28)20-16(3)22-29-17(20)4/h7-11,19H,5-6,12-15H2,1-4H3. The first-order valence-corrected chi connectivity index (χ1v) is 11.8. The largest absolute Gasteiger partial charge is 0.360 e. The minimum Gasteiger partial charge on any atom is -0.360 e. The number of likely N-dealkylation sites (N-methyl/N-ethyl adjacent to an activating group) is 1. The van der Waals surface area contributed by atoms with E-state index in [1.165, 1.54) is 4.31 Å². The molecule has 2 aromatic rings. The molecule has 1 aliphatic rings. The minimum atomic E-state index is -3.68. The van der Waals surface area contributed by atoms with E-state index in [1.807, 2.05) is 49.1 Å². The van der Waals surface area contributed by atoms with Crippen molar-refractivity contribution in [2.24, 2.45) is 0 Å². The Kier molecular flexibility index (Phi) is 6.95. The van der Waals surface area contributed by atoms with Crippen LogP contribution in [0.1, 0.15) is 36.9 Å². The van der Waals surface area contributed by atoms with Crippen LogP contribution in [-0.2, 0) is 14.8 Å². The van der Waals surface area contributed by atoms with Gasteiger partial charge in [-0.2, -0.15) is 4.31 Å². The van der Waals surface area contributed by atoms with E-state index in [9.17, 15) is 13.2 Å². The highest BCUT2D eigenvalue weighted by Crippen LogP contribution is 2.28. The van der Waals surface area contributed by atoms with Gasteiger partial charge in [-0.1, -0.05) is 35.5 Å². The Hall–Kier alpha value is -2.23. The van der Waals surface area contributed by atoms with Gasteiger partial charge in [0.2, 0.25) is 15.9 Å². The maximum atomic E-state index is 13.3. The summed E-state index contributed by atoms with van der Waals surface area (Å²) in [7, 11) is -3.68. The van der Waals surface area contributed by atoms with Crippen molar-refractivity contribution < 1.29 is 17.7 Å². The Labute approximate surface area is 178 Å². The van der Waals surface area contributed by atoms with Crippen LogP contribution in [0.25, 0.3) is 0 Å². The van der Waals surface area contributed by atoms with E-state index in [1.54, 1.807) is 13.8 Å². The third-order valence-corrected chi connectivity index (χ3v) is 7.77. The van der Waals surface area contributed by atoms with Crippen LogP contribution in [0.4, 0.5) is 0 Å². The number of nitrogens with zero attached hydrogens (tertiary/aromatic N) is 4. The Morgan fingerprint density at radius 3 is 2.20 bits per heavy atom. The number of hydrogen-bond acceptors (Lipinski definition) is 6. The van der Waals surface area contributed by atoms with Gasteiger partial charge < -0.3 is 9.42 Å². The van der Waals surface area contributed by atoms with Crippen molar-refractivity contribution in [3.05, 3.63) is 47.3 Å². The molecule has 1 saturated heterocycles. The predicted molar refractivity (Wildman–Crippen MR) is 113 cm³/mol. The monoisotopic (exact) mass is 434 g/mol. The summed E-state index contributed by atoms with van der Waals surface area (Å²) >= 11 is 0. The van der Waals surface area contributed by atoms with Crippen LogP contribution in [0.2, 0.25) is 0 Å². The maximum Gasteiger partial charge on any atom is 0.248 e. The number of carbonyl (C=O) groups excluding carboxylic acids is 1. The van der Waals surface area contributed by atoms with Crippen LogP contribution >= 0.6 is 0 Å². The van der Waals surface area contributed by atoms with Crippen LogP contribution < -0.4 is 0 Å². The fourth-order valence-electron chi connectivity index (χ4n) is 4.03. The second-order valence-electron chi connectivity index (χ2n) is 7.42. The van der Waals surface area contributed by atoms with E-state index in [2.05, 4.69) is 10.1 Å². The molecule has 1 amide bonds. The molecule has 1 aromatic heterocycles. The van der Waals surface area contributed by atoms with Gasteiger partial charge in [-0.05, 0) is 33.3 Å². The summed E-state index contributed by atoms with van der Waals surface area (Å²) in [6.45, 7) is 10.0. The Morgan fingerprint density at radius 1 is 1.10 bits per heavy atom. The summed E-state index contributed by atoms with van der Waals surface area (Å²) in [5.41, 5.74) is 1.30. The number of aryl methyl sites for hydroxylation is 2.